The Kier molecular flexibility index (Phi) is 5.99. The third-order valence-corrected chi connectivity index (χ3v) is 1.35. The zero-order valence-electron chi connectivity index (χ0n) is 6.74. The van der Waals surface area contributed by atoms with Crippen LogP contribution >= 0.6 is 0 Å². The third kappa shape index (κ3) is 4.43. The molecular formula is C7H18NO+. The highest BCUT2D eigenvalue weighted by Crippen LogP contribution is 1.67. The van der Waals surface area contributed by atoms with E-state index in [2.05, 4.69) is 13.8 Å². The zero-order valence-corrected chi connectivity index (χ0v) is 6.74. The minimum absolute atomic E-state index is 1.13. The largest absolute Gasteiger partial charge is 0.208 e. The maximum atomic E-state index is 5.15. The second-order valence-corrected chi connectivity index (χ2v) is 2.24. The van der Waals surface area contributed by atoms with Crippen molar-refractivity contribution in [3.63, 3.8) is 0 Å². The van der Waals surface area contributed by atoms with Gasteiger partial charge in [0.05, 0.1) is 7.11 Å². The van der Waals surface area contributed by atoms with Crippen molar-refractivity contribution < 1.29 is 9.90 Å². The summed E-state index contributed by atoms with van der Waals surface area (Å²) in [5.74, 6) is 0. The average molecular weight is 132 g/mol. The average Bonchev–Trinajstić information content (AvgIpc) is 1.88. The summed E-state index contributed by atoms with van der Waals surface area (Å²) in [4.78, 5) is 5.15. The fourth-order valence-corrected chi connectivity index (χ4v) is 0.887. The van der Waals surface area contributed by atoms with Gasteiger partial charge in [-0.1, -0.05) is 13.8 Å². The molecule has 0 aromatic carbocycles. The van der Waals surface area contributed by atoms with E-state index >= 15 is 0 Å². The Morgan fingerprint density at radius 2 is 1.56 bits per heavy atom. The van der Waals surface area contributed by atoms with Crippen molar-refractivity contribution >= 4 is 0 Å². The lowest BCUT2D eigenvalue weighted by molar-refractivity contribution is -1.09. The molecule has 0 atom stereocenters. The van der Waals surface area contributed by atoms with E-state index in [1.807, 2.05) is 0 Å². The van der Waals surface area contributed by atoms with Crippen LogP contribution in [0.15, 0.2) is 0 Å². The van der Waals surface area contributed by atoms with E-state index < -0.39 is 0 Å². The molecule has 0 radical (unpaired) electrons. The Morgan fingerprint density at radius 3 is 1.78 bits per heavy atom. The van der Waals surface area contributed by atoms with Crippen LogP contribution in [0.2, 0.25) is 0 Å². The summed E-state index contributed by atoms with van der Waals surface area (Å²) in [6.07, 6.45) is 2.40. The summed E-state index contributed by atoms with van der Waals surface area (Å²) in [7, 11) is 1.76. The number of hydrogen-bond donors (Lipinski definition) is 1. The Hall–Kier alpha value is -0.0800. The van der Waals surface area contributed by atoms with Gasteiger partial charge in [-0.2, -0.15) is 5.06 Å². The van der Waals surface area contributed by atoms with Crippen molar-refractivity contribution in [3.8, 4) is 0 Å². The highest BCUT2D eigenvalue weighted by molar-refractivity contribution is 4.20. The van der Waals surface area contributed by atoms with E-state index in [-0.39, 0.29) is 0 Å². The summed E-state index contributed by atoms with van der Waals surface area (Å²) >= 11 is 0. The van der Waals surface area contributed by atoms with Crippen LogP contribution in [0.5, 0.6) is 0 Å². The molecule has 0 aromatic rings. The molecule has 9 heavy (non-hydrogen) atoms. The minimum atomic E-state index is 1.13. The van der Waals surface area contributed by atoms with Crippen LogP contribution in [-0.2, 0) is 4.84 Å². The summed E-state index contributed by atoms with van der Waals surface area (Å²) in [6, 6.07) is 0. The summed E-state index contributed by atoms with van der Waals surface area (Å²) in [5.41, 5.74) is 0. The van der Waals surface area contributed by atoms with Crippen LogP contribution in [0.1, 0.15) is 26.7 Å². The summed E-state index contributed by atoms with van der Waals surface area (Å²) in [5, 5.41) is 1.25. The van der Waals surface area contributed by atoms with E-state index in [4.69, 9.17) is 4.84 Å². The topological polar surface area (TPSA) is 13.7 Å². The monoisotopic (exact) mass is 132 g/mol. The predicted molar refractivity (Wildman–Crippen MR) is 38.3 cm³/mol. The van der Waals surface area contributed by atoms with Gasteiger partial charge in [0, 0.05) is 0 Å². The first kappa shape index (κ1) is 8.92. The van der Waals surface area contributed by atoms with Crippen molar-refractivity contribution in [2.24, 2.45) is 0 Å². The predicted octanol–water partition coefficient (Wildman–Crippen LogP) is 0.253. The Bertz CT molecular complexity index is 50.9. The fourth-order valence-electron chi connectivity index (χ4n) is 0.887. The molecule has 0 rings (SSSR count). The van der Waals surface area contributed by atoms with E-state index in [1.165, 1.54) is 17.9 Å². The minimum Gasteiger partial charge on any atom is -0.208 e. The van der Waals surface area contributed by atoms with Gasteiger partial charge in [0.25, 0.3) is 0 Å². The Balaban J connectivity index is 3.18. The molecule has 1 N–H and O–H groups in total. The molecule has 0 spiro atoms. The van der Waals surface area contributed by atoms with Gasteiger partial charge < -0.3 is 0 Å². The molecule has 0 amide bonds. The van der Waals surface area contributed by atoms with Crippen LogP contribution in [0.25, 0.3) is 0 Å². The Labute approximate surface area is 57.8 Å². The van der Waals surface area contributed by atoms with Gasteiger partial charge in [-0.3, -0.25) is 0 Å². The molecule has 0 aliphatic carbocycles. The summed E-state index contributed by atoms with van der Waals surface area (Å²) < 4.78 is 0. The lowest BCUT2D eigenvalue weighted by Gasteiger charge is -2.12. The molecule has 0 heterocycles. The smallest absolute Gasteiger partial charge is 0.107 e. The van der Waals surface area contributed by atoms with E-state index in [9.17, 15) is 0 Å². The molecular weight excluding hydrogens is 114 g/mol. The van der Waals surface area contributed by atoms with Crippen LogP contribution in [0.4, 0.5) is 0 Å². The van der Waals surface area contributed by atoms with Crippen molar-refractivity contribution in [1.29, 1.82) is 0 Å². The quantitative estimate of drug-likeness (QED) is 0.529. The van der Waals surface area contributed by atoms with Gasteiger partial charge in [-0.05, 0) is 12.8 Å². The van der Waals surface area contributed by atoms with Crippen LogP contribution < -0.4 is 5.06 Å². The third-order valence-electron chi connectivity index (χ3n) is 1.35. The zero-order chi connectivity index (χ0) is 7.11. The number of hydroxylamine groups is 2. The normalized spacial score (nSPS) is 10.7. The molecule has 0 unspecified atom stereocenters. The molecule has 0 saturated heterocycles. The highest BCUT2D eigenvalue weighted by atomic mass is 16.7. The van der Waals surface area contributed by atoms with Crippen molar-refractivity contribution in [1.82, 2.24) is 0 Å². The fraction of sp³-hybridized carbons (Fsp3) is 1.00. The van der Waals surface area contributed by atoms with Crippen molar-refractivity contribution in [2.75, 3.05) is 20.2 Å². The lowest BCUT2D eigenvalue weighted by atomic mass is 10.4. The van der Waals surface area contributed by atoms with Gasteiger partial charge in [-0.15, -0.1) is 0 Å². The first-order valence-corrected chi connectivity index (χ1v) is 3.73. The maximum Gasteiger partial charge on any atom is 0.107 e. The van der Waals surface area contributed by atoms with Crippen molar-refractivity contribution in [2.45, 2.75) is 26.7 Å². The maximum absolute atomic E-state index is 5.15. The molecule has 56 valence electrons. The SMILES string of the molecule is CCC[NH+](CCC)OC. The number of quaternary nitrogens is 1. The van der Waals surface area contributed by atoms with Gasteiger partial charge in [0.2, 0.25) is 0 Å². The van der Waals surface area contributed by atoms with E-state index in [0.717, 1.165) is 13.1 Å². The second-order valence-electron chi connectivity index (χ2n) is 2.24. The molecule has 0 saturated carbocycles. The van der Waals surface area contributed by atoms with Gasteiger partial charge in [0.1, 0.15) is 13.1 Å². The van der Waals surface area contributed by atoms with Crippen molar-refractivity contribution in [3.05, 3.63) is 0 Å². The van der Waals surface area contributed by atoms with Crippen LogP contribution in [0.3, 0.4) is 0 Å². The Morgan fingerprint density at radius 1 is 1.11 bits per heavy atom. The van der Waals surface area contributed by atoms with Gasteiger partial charge >= 0.3 is 0 Å². The van der Waals surface area contributed by atoms with Gasteiger partial charge in [0.15, 0.2) is 0 Å². The second kappa shape index (κ2) is 6.05. The first-order valence-electron chi connectivity index (χ1n) is 3.73. The lowest BCUT2D eigenvalue weighted by Crippen LogP contribution is -3.10. The number of rotatable bonds is 5. The summed E-state index contributed by atoms with van der Waals surface area (Å²) in [6.45, 7) is 6.61. The first-order chi connectivity index (χ1) is 4.35. The molecule has 2 nitrogen and oxygen atoms in total. The number of nitrogens with one attached hydrogen (secondary N) is 1. The van der Waals surface area contributed by atoms with E-state index in [1.54, 1.807) is 7.11 Å². The van der Waals surface area contributed by atoms with Crippen LogP contribution in [0, 0.1) is 0 Å². The standard InChI is InChI=1S/C7H17NO/c1-4-6-8(9-3)7-5-2/h4-7H2,1-3H3/p+1. The molecule has 0 aliphatic heterocycles. The highest BCUT2D eigenvalue weighted by Gasteiger charge is 2.01. The molecule has 2 heteroatoms. The number of hydrogen-bond acceptors (Lipinski definition) is 1. The molecule has 0 bridgehead atoms. The van der Waals surface area contributed by atoms with Crippen LogP contribution in [-0.4, -0.2) is 20.2 Å². The van der Waals surface area contributed by atoms with Gasteiger partial charge in [-0.25, -0.2) is 4.84 Å². The molecule has 0 aliphatic rings. The molecule has 0 aromatic heterocycles. The molecule has 0 fully saturated rings. The van der Waals surface area contributed by atoms with E-state index in [0.29, 0.717) is 0 Å².